The lowest BCUT2D eigenvalue weighted by Crippen LogP contribution is -2.17. The molecular weight excluding hydrogens is 172 g/mol. The molecule has 1 nitrogen and oxygen atoms in total. The SMILES string of the molecule is C=C1C[C@@H]2C(=O)[C@H](C1)c1ccccc12. The Morgan fingerprint density at radius 1 is 1.07 bits per heavy atom. The van der Waals surface area contributed by atoms with E-state index in [-0.39, 0.29) is 11.8 Å². The van der Waals surface area contributed by atoms with Crippen molar-refractivity contribution in [1.82, 2.24) is 0 Å². The maximum atomic E-state index is 11.9. The van der Waals surface area contributed by atoms with E-state index in [9.17, 15) is 4.79 Å². The normalized spacial score (nSPS) is 29.1. The Labute approximate surface area is 83.4 Å². The molecule has 70 valence electrons. The van der Waals surface area contributed by atoms with E-state index in [1.807, 2.05) is 12.1 Å². The number of carbonyl (C=O) groups excluding carboxylic acids is 1. The Kier molecular flexibility index (Phi) is 1.46. The van der Waals surface area contributed by atoms with Crippen molar-refractivity contribution in [1.29, 1.82) is 0 Å². The highest BCUT2D eigenvalue weighted by atomic mass is 16.1. The van der Waals surface area contributed by atoms with Gasteiger partial charge in [-0.25, -0.2) is 0 Å². The summed E-state index contributed by atoms with van der Waals surface area (Å²) in [6.07, 6.45) is 1.73. The second kappa shape index (κ2) is 2.57. The fourth-order valence-corrected chi connectivity index (χ4v) is 2.78. The minimum atomic E-state index is 0.123. The van der Waals surface area contributed by atoms with E-state index in [2.05, 4.69) is 18.7 Å². The first kappa shape index (κ1) is 7.98. The van der Waals surface area contributed by atoms with Crippen LogP contribution in [-0.2, 0) is 4.79 Å². The van der Waals surface area contributed by atoms with Crippen molar-refractivity contribution in [2.75, 3.05) is 0 Å². The molecule has 0 unspecified atom stereocenters. The first-order chi connectivity index (χ1) is 6.77. The van der Waals surface area contributed by atoms with Crippen LogP contribution < -0.4 is 0 Å². The molecule has 0 aromatic heterocycles. The van der Waals surface area contributed by atoms with Gasteiger partial charge < -0.3 is 0 Å². The van der Waals surface area contributed by atoms with Gasteiger partial charge in [0.2, 0.25) is 0 Å². The Morgan fingerprint density at radius 2 is 1.57 bits per heavy atom. The summed E-state index contributed by atoms with van der Waals surface area (Å²) < 4.78 is 0. The first-order valence-electron chi connectivity index (χ1n) is 5.06. The number of allylic oxidation sites excluding steroid dienone is 1. The van der Waals surface area contributed by atoms with Gasteiger partial charge in [-0.3, -0.25) is 4.79 Å². The number of carbonyl (C=O) groups is 1. The molecule has 1 aromatic carbocycles. The standard InChI is InChI=1S/C13H12O/c1-8-6-11-9-4-2-3-5-10(9)12(7-8)13(11)14/h2-5,11-12H,1,6-7H2/t11-,12+. The van der Waals surface area contributed by atoms with Crippen LogP contribution in [0.15, 0.2) is 36.4 Å². The third kappa shape index (κ3) is 0.872. The van der Waals surface area contributed by atoms with Crippen LogP contribution in [0.3, 0.4) is 0 Å². The molecule has 1 saturated carbocycles. The minimum Gasteiger partial charge on any atom is -0.298 e. The molecule has 14 heavy (non-hydrogen) atoms. The zero-order valence-electron chi connectivity index (χ0n) is 7.99. The summed E-state index contributed by atoms with van der Waals surface area (Å²) in [6.45, 7) is 4.02. The van der Waals surface area contributed by atoms with Crippen molar-refractivity contribution in [3.8, 4) is 0 Å². The van der Waals surface area contributed by atoms with Crippen molar-refractivity contribution >= 4 is 5.78 Å². The Bertz CT molecular complexity index is 394. The van der Waals surface area contributed by atoms with Gasteiger partial charge in [-0.15, -0.1) is 0 Å². The molecule has 2 aliphatic carbocycles. The van der Waals surface area contributed by atoms with Gasteiger partial charge in [-0.2, -0.15) is 0 Å². The number of rotatable bonds is 0. The smallest absolute Gasteiger partial charge is 0.148 e. The second-order valence-electron chi connectivity index (χ2n) is 4.29. The van der Waals surface area contributed by atoms with Gasteiger partial charge in [0.05, 0.1) is 0 Å². The molecule has 1 fully saturated rings. The minimum absolute atomic E-state index is 0.123. The molecule has 0 aliphatic heterocycles. The van der Waals surface area contributed by atoms with E-state index in [1.165, 1.54) is 16.7 Å². The lowest BCUT2D eigenvalue weighted by atomic mass is 9.83. The van der Waals surface area contributed by atoms with Gasteiger partial charge in [0.1, 0.15) is 5.78 Å². The van der Waals surface area contributed by atoms with E-state index in [4.69, 9.17) is 0 Å². The molecule has 0 N–H and O–H groups in total. The zero-order chi connectivity index (χ0) is 9.71. The number of ketones is 1. The fourth-order valence-electron chi connectivity index (χ4n) is 2.78. The summed E-state index contributed by atoms with van der Waals surface area (Å²) in [5.74, 6) is 0.661. The second-order valence-corrected chi connectivity index (χ2v) is 4.29. The molecule has 0 spiro atoms. The number of fused-ring (bicyclic) bond motifs is 5. The average molecular weight is 184 g/mol. The molecule has 1 heteroatoms. The van der Waals surface area contributed by atoms with Crippen molar-refractivity contribution in [2.45, 2.75) is 24.7 Å². The van der Waals surface area contributed by atoms with Gasteiger partial charge in [0.15, 0.2) is 0 Å². The van der Waals surface area contributed by atoms with Crippen LogP contribution in [0.4, 0.5) is 0 Å². The summed E-state index contributed by atoms with van der Waals surface area (Å²) in [5, 5.41) is 0. The van der Waals surface area contributed by atoms with Crippen LogP contribution in [-0.4, -0.2) is 5.78 Å². The third-order valence-corrected chi connectivity index (χ3v) is 3.42. The molecule has 0 saturated heterocycles. The molecule has 2 atom stereocenters. The third-order valence-electron chi connectivity index (χ3n) is 3.42. The predicted molar refractivity (Wildman–Crippen MR) is 55.3 cm³/mol. The van der Waals surface area contributed by atoms with Crippen LogP contribution in [0.5, 0.6) is 0 Å². The summed E-state index contributed by atoms with van der Waals surface area (Å²) in [4.78, 5) is 11.9. The summed E-state index contributed by atoms with van der Waals surface area (Å²) in [6, 6.07) is 8.23. The molecule has 2 bridgehead atoms. The van der Waals surface area contributed by atoms with Crippen LogP contribution in [0.25, 0.3) is 0 Å². The summed E-state index contributed by atoms with van der Waals surface area (Å²) in [7, 11) is 0. The molecule has 2 aliphatic rings. The van der Waals surface area contributed by atoms with Crippen LogP contribution in [0.2, 0.25) is 0 Å². The van der Waals surface area contributed by atoms with E-state index >= 15 is 0 Å². The van der Waals surface area contributed by atoms with E-state index in [1.54, 1.807) is 0 Å². The van der Waals surface area contributed by atoms with Gasteiger partial charge in [0.25, 0.3) is 0 Å². The number of hydrogen-bond acceptors (Lipinski definition) is 1. The lowest BCUT2D eigenvalue weighted by molar-refractivity contribution is -0.121. The van der Waals surface area contributed by atoms with E-state index < -0.39 is 0 Å². The first-order valence-corrected chi connectivity index (χ1v) is 5.06. The van der Waals surface area contributed by atoms with E-state index in [0.717, 1.165) is 12.8 Å². The van der Waals surface area contributed by atoms with Crippen molar-refractivity contribution < 1.29 is 4.79 Å². The van der Waals surface area contributed by atoms with Crippen LogP contribution >= 0.6 is 0 Å². The zero-order valence-corrected chi connectivity index (χ0v) is 7.99. The van der Waals surface area contributed by atoms with E-state index in [0.29, 0.717) is 5.78 Å². The topological polar surface area (TPSA) is 17.1 Å². The molecule has 0 amide bonds. The molecule has 0 heterocycles. The van der Waals surface area contributed by atoms with Gasteiger partial charge in [-0.05, 0) is 24.0 Å². The van der Waals surface area contributed by atoms with Gasteiger partial charge in [0, 0.05) is 11.8 Å². The molecular formula is C13H12O. The molecule has 3 rings (SSSR count). The van der Waals surface area contributed by atoms with Gasteiger partial charge in [-0.1, -0.05) is 36.4 Å². The van der Waals surface area contributed by atoms with Crippen molar-refractivity contribution in [3.05, 3.63) is 47.5 Å². The maximum absolute atomic E-state index is 11.9. The Hall–Kier alpha value is -1.37. The Morgan fingerprint density at radius 3 is 2.07 bits per heavy atom. The molecule has 0 radical (unpaired) electrons. The monoisotopic (exact) mass is 184 g/mol. The lowest BCUT2D eigenvalue weighted by Gasteiger charge is -2.19. The highest BCUT2D eigenvalue weighted by Crippen LogP contribution is 2.48. The number of Topliss-reactive ketones (excluding diaryl/α,β-unsaturated/α-hetero) is 1. The molecule has 1 aromatic rings. The maximum Gasteiger partial charge on any atom is 0.148 e. The van der Waals surface area contributed by atoms with Crippen LogP contribution in [0.1, 0.15) is 35.8 Å². The largest absolute Gasteiger partial charge is 0.298 e. The van der Waals surface area contributed by atoms with Crippen molar-refractivity contribution in [2.24, 2.45) is 0 Å². The summed E-state index contributed by atoms with van der Waals surface area (Å²) in [5.41, 5.74) is 3.73. The quantitative estimate of drug-likeness (QED) is 0.567. The number of benzene rings is 1. The Balaban J connectivity index is 2.21. The number of hydrogen-bond donors (Lipinski definition) is 0. The fraction of sp³-hybridized carbons (Fsp3) is 0.308. The summed E-state index contributed by atoms with van der Waals surface area (Å²) >= 11 is 0. The highest BCUT2D eigenvalue weighted by Gasteiger charge is 2.42. The highest BCUT2D eigenvalue weighted by molar-refractivity contribution is 5.98. The predicted octanol–water partition coefficient (Wildman–Crippen LogP) is 2.79. The van der Waals surface area contributed by atoms with Gasteiger partial charge >= 0.3 is 0 Å². The average Bonchev–Trinajstić information content (AvgIpc) is 2.37. The van der Waals surface area contributed by atoms with Crippen LogP contribution in [0, 0.1) is 0 Å². The van der Waals surface area contributed by atoms with Crippen molar-refractivity contribution in [3.63, 3.8) is 0 Å².